The first-order valence-electron chi connectivity index (χ1n) is 5.15. The van der Waals surface area contributed by atoms with Crippen LogP contribution >= 0.6 is 11.3 Å². The number of carboxylic acid groups (broad SMARTS) is 1. The van der Waals surface area contributed by atoms with Gasteiger partial charge in [0.25, 0.3) is 0 Å². The lowest BCUT2D eigenvalue weighted by Crippen LogP contribution is -1.95. The van der Waals surface area contributed by atoms with Crippen LogP contribution in [0.25, 0.3) is 20.7 Å². The fourth-order valence-electron chi connectivity index (χ4n) is 1.80. The third kappa shape index (κ3) is 1.54. The maximum atomic E-state index is 11.0. The molecule has 0 radical (unpaired) electrons. The third-order valence-electron chi connectivity index (χ3n) is 2.65. The Morgan fingerprint density at radius 3 is 2.94 bits per heavy atom. The van der Waals surface area contributed by atoms with Gasteiger partial charge in [-0.3, -0.25) is 5.10 Å². The first kappa shape index (κ1) is 10.8. The molecule has 0 fully saturated rings. The van der Waals surface area contributed by atoms with Crippen LogP contribution < -0.4 is 0 Å². The molecule has 0 unspecified atom stereocenters. The summed E-state index contributed by atoms with van der Waals surface area (Å²) in [6.07, 6.45) is 1.28. The number of carboxylic acids is 1. The molecule has 0 saturated heterocycles. The predicted molar refractivity (Wildman–Crippen MR) is 68.0 cm³/mol. The van der Waals surface area contributed by atoms with Crippen molar-refractivity contribution in [3.63, 3.8) is 0 Å². The lowest BCUT2D eigenvalue weighted by atomic mass is 10.2. The van der Waals surface area contributed by atoms with Gasteiger partial charge in [0.2, 0.25) is 0 Å². The fourth-order valence-corrected chi connectivity index (χ4v) is 2.90. The van der Waals surface area contributed by atoms with Crippen molar-refractivity contribution in [2.75, 3.05) is 0 Å². The van der Waals surface area contributed by atoms with E-state index < -0.39 is 5.97 Å². The van der Waals surface area contributed by atoms with Crippen molar-refractivity contribution < 1.29 is 15.0 Å². The predicted octanol–water partition coefficient (Wildman–Crippen LogP) is 2.70. The Morgan fingerprint density at radius 1 is 1.39 bits per heavy atom. The third-order valence-corrected chi connectivity index (χ3v) is 3.77. The van der Waals surface area contributed by atoms with Crippen LogP contribution in [-0.2, 0) is 0 Å². The van der Waals surface area contributed by atoms with Crippen LogP contribution in [0.3, 0.4) is 0 Å². The lowest BCUT2D eigenvalue weighted by molar-refractivity contribution is 0.0698. The maximum Gasteiger partial charge on any atom is 0.339 e. The molecule has 0 aliphatic heterocycles. The van der Waals surface area contributed by atoms with Gasteiger partial charge in [0.1, 0.15) is 11.3 Å². The van der Waals surface area contributed by atoms with Gasteiger partial charge in [-0.25, -0.2) is 4.79 Å². The van der Waals surface area contributed by atoms with E-state index in [4.69, 9.17) is 5.11 Å². The molecular weight excluding hydrogens is 252 g/mol. The maximum absolute atomic E-state index is 11.0. The fraction of sp³-hybridized carbons (Fsp3) is 0. The van der Waals surface area contributed by atoms with Gasteiger partial charge in [0, 0.05) is 10.1 Å². The molecule has 5 nitrogen and oxygen atoms in total. The summed E-state index contributed by atoms with van der Waals surface area (Å²) in [5.74, 6) is -0.841. The summed E-state index contributed by atoms with van der Waals surface area (Å²) in [4.78, 5) is 11.8. The zero-order chi connectivity index (χ0) is 12.7. The minimum Gasteiger partial charge on any atom is -0.507 e. The largest absolute Gasteiger partial charge is 0.507 e. The first-order valence-corrected chi connectivity index (χ1v) is 5.97. The van der Waals surface area contributed by atoms with Gasteiger partial charge in [0.15, 0.2) is 0 Å². The minimum absolute atomic E-state index is 0.126. The first-order chi connectivity index (χ1) is 8.66. The molecule has 3 aromatic rings. The molecular formula is C12H8N2O3S. The lowest BCUT2D eigenvalue weighted by Gasteiger charge is -1.93. The summed E-state index contributed by atoms with van der Waals surface area (Å²) >= 11 is 1.41. The van der Waals surface area contributed by atoms with E-state index in [1.807, 2.05) is 6.07 Å². The number of thiophene rings is 1. The van der Waals surface area contributed by atoms with Crippen LogP contribution in [-0.4, -0.2) is 26.4 Å². The number of aromatic hydroxyl groups is 1. The smallest absolute Gasteiger partial charge is 0.339 e. The zero-order valence-electron chi connectivity index (χ0n) is 9.04. The Morgan fingerprint density at radius 2 is 2.22 bits per heavy atom. The van der Waals surface area contributed by atoms with Crippen molar-refractivity contribution in [3.8, 4) is 16.3 Å². The molecule has 0 amide bonds. The van der Waals surface area contributed by atoms with E-state index in [9.17, 15) is 9.90 Å². The molecule has 0 atom stereocenters. The second-order valence-electron chi connectivity index (χ2n) is 3.76. The van der Waals surface area contributed by atoms with Crippen LogP contribution in [0, 0.1) is 0 Å². The van der Waals surface area contributed by atoms with E-state index in [-0.39, 0.29) is 11.3 Å². The van der Waals surface area contributed by atoms with E-state index in [0.717, 1.165) is 9.58 Å². The number of rotatable bonds is 2. The van der Waals surface area contributed by atoms with Gasteiger partial charge in [0.05, 0.1) is 16.8 Å². The van der Waals surface area contributed by atoms with E-state index in [1.54, 1.807) is 18.2 Å². The van der Waals surface area contributed by atoms with Crippen LogP contribution in [0.1, 0.15) is 10.4 Å². The number of fused-ring (bicyclic) bond motifs is 1. The molecule has 0 aliphatic rings. The number of carbonyl (C=O) groups is 1. The van der Waals surface area contributed by atoms with Crippen molar-refractivity contribution in [2.45, 2.75) is 0 Å². The molecule has 18 heavy (non-hydrogen) atoms. The second-order valence-corrected chi connectivity index (χ2v) is 4.85. The number of nitrogens with one attached hydrogen (secondary N) is 1. The zero-order valence-corrected chi connectivity index (χ0v) is 9.86. The quantitative estimate of drug-likeness (QED) is 0.661. The highest BCUT2D eigenvalue weighted by Crippen LogP contribution is 2.37. The number of H-pyrrole nitrogens is 1. The molecule has 3 N–H and O–H groups in total. The van der Waals surface area contributed by atoms with Gasteiger partial charge in [-0.2, -0.15) is 5.10 Å². The van der Waals surface area contributed by atoms with Gasteiger partial charge in [-0.05, 0) is 18.2 Å². The number of aromatic amines is 1. The summed E-state index contributed by atoms with van der Waals surface area (Å²) in [6, 6.07) is 6.99. The Hall–Kier alpha value is -2.34. The van der Waals surface area contributed by atoms with Crippen LogP contribution in [0.5, 0.6) is 5.75 Å². The Balaban J connectivity index is 2.23. The van der Waals surface area contributed by atoms with Crippen molar-refractivity contribution >= 4 is 27.4 Å². The number of benzene rings is 1. The number of hydrogen-bond acceptors (Lipinski definition) is 4. The molecule has 0 spiro atoms. The molecule has 0 bridgehead atoms. The summed E-state index contributed by atoms with van der Waals surface area (Å²) in [5.41, 5.74) is 0.587. The highest BCUT2D eigenvalue weighted by Gasteiger charge is 2.16. The average molecular weight is 260 g/mol. The van der Waals surface area contributed by atoms with Gasteiger partial charge < -0.3 is 10.2 Å². The number of phenols is 1. The van der Waals surface area contributed by atoms with Crippen molar-refractivity contribution in [1.29, 1.82) is 0 Å². The highest BCUT2D eigenvalue weighted by molar-refractivity contribution is 7.22. The Labute approximate surface area is 105 Å². The van der Waals surface area contributed by atoms with Crippen molar-refractivity contribution in [1.82, 2.24) is 10.2 Å². The number of hydrogen-bond donors (Lipinski definition) is 3. The van der Waals surface area contributed by atoms with E-state index in [0.29, 0.717) is 11.1 Å². The van der Waals surface area contributed by atoms with E-state index in [1.165, 1.54) is 17.5 Å². The Bertz CT molecular complexity index is 745. The van der Waals surface area contributed by atoms with Gasteiger partial charge in [-0.15, -0.1) is 11.3 Å². The summed E-state index contributed by atoms with van der Waals surface area (Å²) in [5, 5.41) is 25.9. The Kier molecular flexibility index (Phi) is 2.31. The highest BCUT2D eigenvalue weighted by atomic mass is 32.1. The van der Waals surface area contributed by atoms with Gasteiger partial charge in [-0.1, -0.05) is 6.07 Å². The minimum atomic E-state index is -1.03. The molecule has 3 rings (SSSR count). The molecule has 6 heteroatoms. The monoisotopic (exact) mass is 260 g/mol. The second kappa shape index (κ2) is 3.85. The summed E-state index contributed by atoms with van der Waals surface area (Å²) in [7, 11) is 0. The SMILES string of the molecule is O=C(O)c1cn[nH]c1-c1cc2c(O)cccc2s1. The normalized spacial score (nSPS) is 10.9. The van der Waals surface area contributed by atoms with Crippen molar-refractivity contribution in [2.24, 2.45) is 0 Å². The van der Waals surface area contributed by atoms with Crippen LogP contribution in [0.4, 0.5) is 0 Å². The molecule has 90 valence electrons. The van der Waals surface area contributed by atoms with Crippen molar-refractivity contribution in [3.05, 3.63) is 36.0 Å². The topological polar surface area (TPSA) is 86.2 Å². The number of nitrogens with zero attached hydrogens (tertiary/aromatic N) is 1. The molecule has 1 aromatic carbocycles. The number of phenolic OH excluding ortho intramolecular Hbond substituents is 1. The molecule has 2 aromatic heterocycles. The number of aromatic carboxylic acids is 1. The summed E-state index contributed by atoms with van der Waals surface area (Å²) in [6.45, 7) is 0. The van der Waals surface area contributed by atoms with Crippen LogP contribution in [0.15, 0.2) is 30.5 Å². The number of aromatic nitrogens is 2. The average Bonchev–Trinajstić information content (AvgIpc) is 2.95. The summed E-state index contributed by atoms with van der Waals surface area (Å²) < 4.78 is 0.899. The van der Waals surface area contributed by atoms with Crippen LogP contribution in [0.2, 0.25) is 0 Å². The van der Waals surface area contributed by atoms with E-state index in [2.05, 4.69) is 10.2 Å². The molecule has 2 heterocycles. The van der Waals surface area contributed by atoms with E-state index >= 15 is 0 Å². The molecule has 0 saturated carbocycles. The van der Waals surface area contributed by atoms with Gasteiger partial charge >= 0.3 is 5.97 Å². The molecule has 0 aliphatic carbocycles. The standard InChI is InChI=1S/C12H8N2O3S/c15-8-2-1-3-9-6(8)4-10(18-9)11-7(12(16)17)5-13-14-11/h1-5,15H,(H,13,14)(H,16,17).